The Morgan fingerprint density at radius 1 is 0.903 bits per heavy atom. The Morgan fingerprint density at radius 2 is 1.58 bits per heavy atom. The Bertz CT molecular complexity index is 1270. The van der Waals surface area contributed by atoms with Crippen LogP contribution in [0.3, 0.4) is 0 Å². The number of rotatable bonds is 6. The van der Waals surface area contributed by atoms with Crippen LogP contribution in [0, 0.1) is 30.9 Å². The summed E-state index contributed by atoms with van der Waals surface area (Å²) in [6, 6.07) is 15.3. The summed E-state index contributed by atoms with van der Waals surface area (Å²) in [6.07, 6.45) is 0. The highest BCUT2D eigenvalue weighted by atomic mass is 32.2. The number of carbonyl (C=O) groups is 1. The summed E-state index contributed by atoms with van der Waals surface area (Å²) in [5.41, 5.74) is 3.39. The maximum atomic E-state index is 12.6. The molecule has 0 saturated heterocycles. The van der Waals surface area contributed by atoms with Gasteiger partial charge in [0.2, 0.25) is 0 Å². The minimum Gasteiger partial charge on any atom is -0.322 e. The number of hydrogen-bond acceptors (Lipinski definition) is 5. The number of hydrogen-bond donors (Lipinski definition) is 2. The van der Waals surface area contributed by atoms with Crippen molar-refractivity contribution in [1.29, 1.82) is 0 Å². The first-order valence-electron chi connectivity index (χ1n) is 9.33. The van der Waals surface area contributed by atoms with Crippen LogP contribution < -0.4 is 10.0 Å². The predicted molar refractivity (Wildman–Crippen MR) is 119 cm³/mol. The highest BCUT2D eigenvalue weighted by Gasteiger charge is 2.20. The molecule has 31 heavy (non-hydrogen) atoms. The van der Waals surface area contributed by atoms with Crippen molar-refractivity contribution >= 4 is 33.0 Å². The minimum atomic E-state index is -4.03. The highest BCUT2D eigenvalue weighted by Crippen LogP contribution is 2.24. The second-order valence-electron chi connectivity index (χ2n) is 7.16. The SMILES string of the molecule is Cc1ccc(NC(=O)c2ccc(NS(=O)(=O)c3ccc(C)c([N+](=O)[O-])c3)cc2)c(C)c1. The Balaban J connectivity index is 1.76. The molecule has 0 aliphatic heterocycles. The molecule has 8 nitrogen and oxygen atoms in total. The quantitative estimate of drug-likeness (QED) is 0.431. The van der Waals surface area contributed by atoms with Crippen molar-refractivity contribution in [2.75, 3.05) is 10.0 Å². The van der Waals surface area contributed by atoms with Crippen LogP contribution in [0.25, 0.3) is 0 Å². The summed E-state index contributed by atoms with van der Waals surface area (Å²) in [5.74, 6) is -0.324. The molecule has 9 heteroatoms. The first kappa shape index (κ1) is 22.0. The van der Waals surface area contributed by atoms with Gasteiger partial charge in [-0.3, -0.25) is 19.6 Å². The summed E-state index contributed by atoms with van der Waals surface area (Å²) >= 11 is 0. The maximum absolute atomic E-state index is 12.6. The number of nitro groups is 1. The van der Waals surface area contributed by atoms with E-state index >= 15 is 0 Å². The third-order valence-corrected chi connectivity index (χ3v) is 6.10. The van der Waals surface area contributed by atoms with Gasteiger partial charge in [-0.05, 0) is 62.7 Å². The van der Waals surface area contributed by atoms with Crippen molar-refractivity contribution < 1.29 is 18.1 Å². The van der Waals surface area contributed by atoms with Gasteiger partial charge in [-0.2, -0.15) is 0 Å². The van der Waals surface area contributed by atoms with Crippen molar-refractivity contribution in [3.05, 3.63) is 93.0 Å². The van der Waals surface area contributed by atoms with E-state index in [-0.39, 0.29) is 22.2 Å². The molecule has 0 aliphatic rings. The van der Waals surface area contributed by atoms with Gasteiger partial charge in [-0.15, -0.1) is 0 Å². The Morgan fingerprint density at radius 3 is 2.19 bits per heavy atom. The van der Waals surface area contributed by atoms with Crippen LogP contribution in [0.5, 0.6) is 0 Å². The lowest BCUT2D eigenvalue weighted by molar-refractivity contribution is -0.385. The van der Waals surface area contributed by atoms with E-state index in [2.05, 4.69) is 10.0 Å². The first-order valence-corrected chi connectivity index (χ1v) is 10.8. The van der Waals surface area contributed by atoms with Crippen molar-refractivity contribution in [3.8, 4) is 0 Å². The van der Waals surface area contributed by atoms with Gasteiger partial charge in [-0.25, -0.2) is 8.42 Å². The molecule has 0 aromatic heterocycles. The fourth-order valence-corrected chi connectivity index (χ4v) is 4.08. The molecule has 0 bridgehead atoms. The number of amides is 1. The van der Waals surface area contributed by atoms with Crippen LogP contribution in [0.1, 0.15) is 27.0 Å². The Hall–Kier alpha value is -3.72. The van der Waals surface area contributed by atoms with Crippen LogP contribution in [0.4, 0.5) is 17.1 Å². The van der Waals surface area contributed by atoms with E-state index < -0.39 is 14.9 Å². The third-order valence-electron chi connectivity index (χ3n) is 4.72. The Kier molecular flexibility index (Phi) is 6.07. The molecular weight excluding hydrogens is 418 g/mol. The van der Waals surface area contributed by atoms with Gasteiger partial charge in [0.05, 0.1) is 9.82 Å². The highest BCUT2D eigenvalue weighted by molar-refractivity contribution is 7.92. The number of aryl methyl sites for hydroxylation is 3. The zero-order valence-electron chi connectivity index (χ0n) is 17.2. The molecule has 0 aliphatic carbocycles. The van der Waals surface area contributed by atoms with Gasteiger partial charge in [0.25, 0.3) is 21.6 Å². The van der Waals surface area contributed by atoms with Gasteiger partial charge < -0.3 is 5.32 Å². The molecule has 0 spiro atoms. The molecular formula is C22H21N3O5S. The van der Waals surface area contributed by atoms with Gasteiger partial charge in [0.1, 0.15) is 0 Å². The Labute approximate surface area is 180 Å². The molecule has 3 aromatic rings. The molecule has 0 saturated carbocycles. The average molecular weight is 439 g/mol. The van der Waals surface area contributed by atoms with E-state index in [1.54, 1.807) is 0 Å². The molecule has 0 unspecified atom stereocenters. The first-order chi connectivity index (χ1) is 14.6. The molecule has 0 radical (unpaired) electrons. The summed E-state index contributed by atoms with van der Waals surface area (Å²) in [4.78, 5) is 22.7. The van der Waals surface area contributed by atoms with E-state index in [9.17, 15) is 23.3 Å². The second kappa shape index (κ2) is 8.57. The second-order valence-corrected chi connectivity index (χ2v) is 8.84. The van der Waals surface area contributed by atoms with E-state index in [0.717, 1.165) is 17.2 Å². The molecule has 3 rings (SSSR count). The van der Waals surface area contributed by atoms with Crippen LogP contribution in [0.2, 0.25) is 0 Å². The van der Waals surface area contributed by atoms with Crippen molar-refractivity contribution in [1.82, 2.24) is 0 Å². The lowest BCUT2D eigenvalue weighted by atomic mass is 10.1. The minimum absolute atomic E-state index is 0.221. The molecule has 0 fully saturated rings. The zero-order chi connectivity index (χ0) is 22.8. The van der Waals surface area contributed by atoms with Gasteiger partial charge in [0.15, 0.2) is 0 Å². The van der Waals surface area contributed by atoms with Crippen molar-refractivity contribution in [2.45, 2.75) is 25.7 Å². The molecule has 1 amide bonds. The predicted octanol–water partition coefficient (Wildman–Crippen LogP) is 4.57. The number of sulfonamides is 1. The van der Waals surface area contributed by atoms with Crippen molar-refractivity contribution in [2.24, 2.45) is 0 Å². The topological polar surface area (TPSA) is 118 Å². The van der Waals surface area contributed by atoms with Crippen LogP contribution in [0.15, 0.2) is 65.6 Å². The number of anilines is 2. The standard InChI is InChI=1S/C22H21N3O5S/c1-14-4-11-20(16(3)12-14)23-22(26)17-6-8-18(9-7-17)24-31(29,30)19-10-5-15(2)21(13-19)25(27)28/h4-13,24H,1-3H3,(H,23,26). The fraction of sp³-hybridized carbons (Fsp3) is 0.136. The lowest BCUT2D eigenvalue weighted by Crippen LogP contribution is -2.15. The average Bonchev–Trinajstić information content (AvgIpc) is 2.70. The number of benzene rings is 3. The lowest BCUT2D eigenvalue weighted by Gasteiger charge is -2.11. The largest absolute Gasteiger partial charge is 0.322 e. The van der Waals surface area contributed by atoms with E-state index in [0.29, 0.717) is 16.8 Å². The summed E-state index contributed by atoms with van der Waals surface area (Å²) in [6.45, 7) is 5.40. The number of carbonyl (C=O) groups excluding carboxylic acids is 1. The molecule has 0 heterocycles. The van der Waals surface area contributed by atoms with Crippen LogP contribution in [-0.4, -0.2) is 19.2 Å². The smallest absolute Gasteiger partial charge is 0.273 e. The zero-order valence-corrected chi connectivity index (χ0v) is 18.0. The van der Waals surface area contributed by atoms with Crippen LogP contribution >= 0.6 is 0 Å². The van der Waals surface area contributed by atoms with Crippen molar-refractivity contribution in [3.63, 3.8) is 0 Å². The molecule has 0 atom stereocenters. The summed E-state index contributed by atoms with van der Waals surface area (Å²) in [5, 5.41) is 13.9. The molecule has 3 aromatic carbocycles. The van der Waals surface area contributed by atoms with Gasteiger partial charge in [0, 0.05) is 28.6 Å². The monoisotopic (exact) mass is 439 g/mol. The fourth-order valence-electron chi connectivity index (χ4n) is 3.01. The van der Waals surface area contributed by atoms with E-state index in [1.165, 1.54) is 43.3 Å². The molecule has 160 valence electrons. The number of nitrogens with one attached hydrogen (secondary N) is 2. The third kappa shape index (κ3) is 5.07. The normalized spacial score (nSPS) is 11.1. The van der Waals surface area contributed by atoms with E-state index in [4.69, 9.17) is 0 Å². The maximum Gasteiger partial charge on any atom is 0.273 e. The van der Waals surface area contributed by atoms with Gasteiger partial charge >= 0.3 is 0 Å². The van der Waals surface area contributed by atoms with E-state index in [1.807, 2.05) is 32.0 Å². The number of nitrogens with zero attached hydrogens (tertiary/aromatic N) is 1. The van der Waals surface area contributed by atoms with Gasteiger partial charge in [-0.1, -0.05) is 23.8 Å². The molecule has 2 N–H and O–H groups in total. The van der Waals surface area contributed by atoms with Crippen LogP contribution in [-0.2, 0) is 10.0 Å². The number of nitro benzene ring substituents is 1. The summed E-state index contributed by atoms with van der Waals surface area (Å²) in [7, 11) is -4.03. The summed E-state index contributed by atoms with van der Waals surface area (Å²) < 4.78 is 27.6.